The summed E-state index contributed by atoms with van der Waals surface area (Å²) in [6.45, 7) is -0.203. The van der Waals surface area contributed by atoms with Crippen LogP contribution in [0.2, 0.25) is 0 Å². The molecule has 1 aromatic heterocycles. The lowest BCUT2D eigenvalue weighted by Gasteiger charge is -2.12. The van der Waals surface area contributed by atoms with Crippen molar-refractivity contribution in [2.24, 2.45) is 0 Å². The molecule has 0 atom stereocenters. The first-order chi connectivity index (χ1) is 14.1. The van der Waals surface area contributed by atoms with Gasteiger partial charge in [-0.3, -0.25) is 4.79 Å². The number of aromatic nitrogens is 2. The van der Waals surface area contributed by atoms with Crippen LogP contribution in [0.3, 0.4) is 0 Å². The minimum Gasteiger partial charge on any atom is -0.493 e. The molecule has 0 aliphatic carbocycles. The lowest BCUT2D eigenvalue weighted by atomic mass is 10.1. The zero-order chi connectivity index (χ0) is 20.8. The molecule has 0 saturated carbocycles. The Morgan fingerprint density at radius 2 is 1.66 bits per heavy atom. The highest BCUT2D eigenvalue weighted by Gasteiger charge is 2.18. The van der Waals surface area contributed by atoms with E-state index in [9.17, 15) is 9.59 Å². The fraction of sp³-hybridized carbons (Fsp3) is 0.200. The van der Waals surface area contributed by atoms with Crippen molar-refractivity contribution in [3.8, 4) is 28.7 Å². The molecule has 9 heteroatoms. The van der Waals surface area contributed by atoms with Gasteiger partial charge in [0, 0.05) is 11.1 Å². The fourth-order valence-corrected chi connectivity index (χ4v) is 2.54. The van der Waals surface area contributed by atoms with E-state index in [-0.39, 0.29) is 18.4 Å². The summed E-state index contributed by atoms with van der Waals surface area (Å²) in [6, 6.07) is 9.39. The van der Waals surface area contributed by atoms with Gasteiger partial charge >= 0.3 is 5.97 Å². The summed E-state index contributed by atoms with van der Waals surface area (Å²) in [5.74, 6) is 1.05. The van der Waals surface area contributed by atoms with Crippen molar-refractivity contribution in [2.75, 3.05) is 21.3 Å². The van der Waals surface area contributed by atoms with Crippen LogP contribution in [-0.4, -0.2) is 43.8 Å². The maximum atomic E-state index is 12.1. The van der Waals surface area contributed by atoms with Gasteiger partial charge in [-0.1, -0.05) is 12.1 Å². The van der Waals surface area contributed by atoms with Crippen LogP contribution in [0.25, 0.3) is 11.5 Å². The van der Waals surface area contributed by atoms with Crippen molar-refractivity contribution in [1.82, 2.24) is 10.2 Å². The molecule has 0 fully saturated rings. The molecule has 150 valence electrons. The Labute approximate surface area is 166 Å². The normalized spacial score (nSPS) is 10.3. The Morgan fingerprint density at radius 3 is 2.21 bits per heavy atom. The number of carbonyl (C=O) groups is 2. The number of nitrogens with zero attached hydrogens (tertiary/aromatic N) is 2. The highest BCUT2D eigenvalue weighted by molar-refractivity contribution is 5.90. The Balaban J connectivity index is 1.73. The summed E-state index contributed by atoms with van der Waals surface area (Å²) in [7, 11) is 4.51. The molecule has 0 aliphatic heterocycles. The molecule has 0 aliphatic rings. The zero-order valence-electron chi connectivity index (χ0n) is 16.0. The third-order valence-electron chi connectivity index (χ3n) is 3.99. The van der Waals surface area contributed by atoms with Crippen LogP contribution in [0.4, 0.5) is 0 Å². The lowest BCUT2D eigenvalue weighted by molar-refractivity contribution is 0.0438. The average Bonchev–Trinajstić information content (AvgIpc) is 3.25. The molecule has 2 aromatic carbocycles. The SMILES string of the molecule is COc1cc(-c2nnc(COC(=O)c3ccc(C=O)cc3)o2)cc(OC)c1OC. The number of aldehydes is 1. The van der Waals surface area contributed by atoms with Gasteiger partial charge in [-0.2, -0.15) is 0 Å². The summed E-state index contributed by atoms with van der Waals surface area (Å²) in [6.07, 6.45) is 0.693. The number of rotatable bonds is 8. The van der Waals surface area contributed by atoms with Crippen molar-refractivity contribution in [1.29, 1.82) is 0 Å². The second-order valence-electron chi connectivity index (χ2n) is 5.73. The number of carbonyl (C=O) groups excluding carboxylic acids is 2. The molecule has 0 saturated heterocycles. The van der Waals surface area contributed by atoms with Gasteiger partial charge < -0.3 is 23.4 Å². The second-order valence-corrected chi connectivity index (χ2v) is 5.73. The highest BCUT2D eigenvalue weighted by Crippen LogP contribution is 2.40. The summed E-state index contributed by atoms with van der Waals surface area (Å²) in [5, 5.41) is 7.85. The molecule has 9 nitrogen and oxygen atoms in total. The highest BCUT2D eigenvalue weighted by atomic mass is 16.5. The molecular formula is C20H18N2O7. The Kier molecular flexibility index (Phi) is 6.08. The van der Waals surface area contributed by atoms with Gasteiger partial charge in [-0.25, -0.2) is 4.79 Å². The zero-order valence-corrected chi connectivity index (χ0v) is 16.0. The topological polar surface area (TPSA) is 110 Å². The molecule has 3 aromatic rings. The maximum absolute atomic E-state index is 12.1. The van der Waals surface area contributed by atoms with Gasteiger partial charge in [-0.05, 0) is 24.3 Å². The smallest absolute Gasteiger partial charge is 0.338 e. The molecular weight excluding hydrogens is 380 g/mol. The van der Waals surface area contributed by atoms with Crippen molar-refractivity contribution in [3.63, 3.8) is 0 Å². The van der Waals surface area contributed by atoms with E-state index in [4.69, 9.17) is 23.4 Å². The molecule has 0 N–H and O–H groups in total. The number of benzene rings is 2. The lowest BCUT2D eigenvalue weighted by Crippen LogP contribution is -2.05. The average molecular weight is 398 g/mol. The van der Waals surface area contributed by atoms with E-state index in [0.717, 1.165) is 0 Å². The van der Waals surface area contributed by atoms with E-state index in [1.807, 2.05) is 0 Å². The molecule has 29 heavy (non-hydrogen) atoms. The van der Waals surface area contributed by atoms with E-state index < -0.39 is 5.97 Å². The Morgan fingerprint density at radius 1 is 1.00 bits per heavy atom. The largest absolute Gasteiger partial charge is 0.493 e. The van der Waals surface area contributed by atoms with Crippen molar-refractivity contribution >= 4 is 12.3 Å². The number of hydrogen-bond acceptors (Lipinski definition) is 9. The molecule has 0 radical (unpaired) electrons. The predicted molar refractivity (Wildman–Crippen MR) is 100 cm³/mol. The number of esters is 1. The standard InChI is InChI=1S/C20H18N2O7/c1-25-15-8-14(9-16(26-2)18(15)27-3)19-22-21-17(29-19)11-28-20(24)13-6-4-12(10-23)5-7-13/h4-10H,11H2,1-3H3. The van der Waals surface area contributed by atoms with Gasteiger partial charge in [0.25, 0.3) is 5.89 Å². The second kappa shape index (κ2) is 8.87. The van der Waals surface area contributed by atoms with Gasteiger partial charge in [0.1, 0.15) is 6.29 Å². The minimum absolute atomic E-state index is 0.117. The molecule has 0 amide bonds. The van der Waals surface area contributed by atoms with Crippen LogP contribution in [-0.2, 0) is 11.3 Å². The summed E-state index contributed by atoms with van der Waals surface area (Å²) in [5.41, 5.74) is 1.32. The fourth-order valence-electron chi connectivity index (χ4n) is 2.54. The van der Waals surface area contributed by atoms with E-state index in [1.54, 1.807) is 12.1 Å². The number of methoxy groups -OCH3 is 3. The summed E-state index contributed by atoms with van der Waals surface area (Å²) < 4.78 is 26.6. The van der Waals surface area contributed by atoms with E-state index >= 15 is 0 Å². The number of ether oxygens (including phenoxy) is 4. The van der Waals surface area contributed by atoms with E-state index in [2.05, 4.69) is 10.2 Å². The quantitative estimate of drug-likeness (QED) is 0.418. The van der Waals surface area contributed by atoms with Crippen molar-refractivity contribution in [2.45, 2.75) is 6.61 Å². The first-order valence-corrected chi connectivity index (χ1v) is 8.44. The van der Waals surface area contributed by atoms with Crippen LogP contribution >= 0.6 is 0 Å². The monoisotopic (exact) mass is 398 g/mol. The van der Waals surface area contributed by atoms with Crippen LogP contribution in [0.15, 0.2) is 40.8 Å². The molecule has 3 rings (SSSR count). The van der Waals surface area contributed by atoms with E-state index in [0.29, 0.717) is 40.2 Å². The first-order valence-electron chi connectivity index (χ1n) is 8.44. The van der Waals surface area contributed by atoms with Crippen molar-refractivity contribution in [3.05, 3.63) is 53.4 Å². The molecule has 0 spiro atoms. The minimum atomic E-state index is -0.574. The maximum Gasteiger partial charge on any atom is 0.338 e. The van der Waals surface area contributed by atoms with E-state index in [1.165, 1.54) is 45.6 Å². The Bertz CT molecular complexity index is 987. The Hall–Kier alpha value is -3.88. The number of hydrogen-bond donors (Lipinski definition) is 0. The van der Waals surface area contributed by atoms with Crippen LogP contribution in [0, 0.1) is 0 Å². The van der Waals surface area contributed by atoms with Crippen LogP contribution in [0.1, 0.15) is 26.6 Å². The third kappa shape index (κ3) is 4.34. The van der Waals surface area contributed by atoms with Crippen molar-refractivity contribution < 1.29 is 33.0 Å². The predicted octanol–water partition coefficient (Wildman–Crippen LogP) is 2.93. The molecule has 0 unspecified atom stereocenters. The van der Waals surface area contributed by atoms with Gasteiger partial charge in [-0.15, -0.1) is 10.2 Å². The third-order valence-corrected chi connectivity index (χ3v) is 3.99. The van der Waals surface area contributed by atoms with Crippen LogP contribution in [0.5, 0.6) is 17.2 Å². The van der Waals surface area contributed by atoms with Gasteiger partial charge in [0.2, 0.25) is 11.6 Å². The molecule has 0 bridgehead atoms. The molecule has 1 heterocycles. The van der Waals surface area contributed by atoms with Gasteiger partial charge in [0.05, 0.1) is 26.9 Å². The summed E-state index contributed by atoms with van der Waals surface area (Å²) in [4.78, 5) is 22.8. The van der Waals surface area contributed by atoms with Crippen LogP contribution < -0.4 is 14.2 Å². The van der Waals surface area contributed by atoms with Gasteiger partial charge in [0.15, 0.2) is 18.1 Å². The summed E-state index contributed by atoms with van der Waals surface area (Å²) >= 11 is 0. The first kappa shape index (κ1) is 19.9.